The highest BCUT2D eigenvalue weighted by Gasteiger charge is 2.12. The van der Waals surface area contributed by atoms with E-state index in [-0.39, 0.29) is 18.2 Å². The van der Waals surface area contributed by atoms with Crippen molar-refractivity contribution in [3.05, 3.63) is 58.7 Å². The lowest BCUT2D eigenvalue weighted by molar-refractivity contribution is 0.627. The van der Waals surface area contributed by atoms with Crippen LogP contribution in [0.15, 0.2) is 30.3 Å². The van der Waals surface area contributed by atoms with Crippen LogP contribution in [0.2, 0.25) is 0 Å². The first-order chi connectivity index (χ1) is 10.6. The summed E-state index contributed by atoms with van der Waals surface area (Å²) in [5.41, 5.74) is 4.36. The Kier molecular flexibility index (Phi) is 4.87. The third-order valence-corrected chi connectivity index (χ3v) is 3.79. The molecule has 0 unspecified atom stereocenters. The predicted octanol–water partition coefficient (Wildman–Crippen LogP) is 4.22. The van der Waals surface area contributed by atoms with Crippen LogP contribution in [0.3, 0.4) is 0 Å². The molecular weight excluding hydrogens is 315 g/mol. The van der Waals surface area contributed by atoms with Gasteiger partial charge in [-0.3, -0.25) is 0 Å². The molecule has 0 fully saturated rings. The van der Waals surface area contributed by atoms with Crippen LogP contribution in [-0.2, 0) is 6.54 Å². The van der Waals surface area contributed by atoms with Crippen molar-refractivity contribution >= 4 is 29.1 Å². The Hall–Kier alpha value is -2.58. The van der Waals surface area contributed by atoms with E-state index >= 15 is 0 Å². The van der Waals surface area contributed by atoms with Crippen LogP contribution in [0, 0.1) is 31.0 Å². The first-order valence-electron chi connectivity index (χ1n) is 6.97. The van der Waals surface area contributed by atoms with Crippen LogP contribution in [0.25, 0.3) is 10.9 Å². The molecule has 3 aromatic rings. The van der Waals surface area contributed by atoms with Gasteiger partial charge in [-0.2, -0.15) is 5.26 Å². The van der Waals surface area contributed by atoms with Crippen molar-refractivity contribution in [1.82, 2.24) is 9.97 Å². The summed E-state index contributed by atoms with van der Waals surface area (Å²) in [5.74, 6) is 0.376. The second kappa shape index (κ2) is 6.67. The second-order valence-corrected chi connectivity index (χ2v) is 5.25. The van der Waals surface area contributed by atoms with Gasteiger partial charge in [0.2, 0.25) is 0 Å². The Morgan fingerprint density at radius 3 is 2.61 bits per heavy atom. The maximum atomic E-state index is 12.9. The van der Waals surface area contributed by atoms with Crippen molar-refractivity contribution in [2.24, 2.45) is 0 Å². The monoisotopic (exact) mass is 330 g/mol. The highest BCUT2D eigenvalue weighted by molar-refractivity contribution is 5.93. The number of pyridine rings is 1. The molecule has 2 N–H and O–H groups in total. The van der Waals surface area contributed by atoms with Crippen molar-refractivity contribution in [3.63, 3.8) is 0 Å². The average Bonchev–Trinajstić information content (AvgIpc) is 2.82. The molecule has 4 nitrogen and oxygen atoms in total. The Labute approximate surface area is 139 Å². The lowest BCUT2D eigenvalue weighted by Gasteiger charge is -2.08. The van der Waals surface area contributed by atoms with Gasteiger partial charge in [0.1, 0.15) is 17.6 Å². The van der Waals surface area contributed by atoms with Gasteiger partial charge in [-0.1, -0.05) is 12.1 Å². The van der Waals surface area contributed by atoms with Gasteiger partial charge >= 0.3 is 0 Å². The number of rotatable bonds is 3. The third kappa shape index (κ3) is 3.27. The molecule has 0 amide bonds. The molecule has 0 saturated heterocycles. The summed E-state index contributed by atoms with van der Waals surface area (Å²) in [5, 5.41) is 13.4. The van der Waals surface area contributed by atoms with Gasteiger partial charge in [-0.05, 0) is 43.2 Å². The molecule has 0 aliphatic heterocycles. The molecule has 2 heterocycles. The van der Waals surface area contributed by atoms with Crippen LogP contribution in [-0.4, -0.2) is 9.97 Å². The highest BCUT2D eigenvalue weighted by Crippen LogP contribution is 2.27. The zero-order valence-electron chi connectivity index (χ0n) is 12.8. The number of halogens is 2. The molecular formula is C17H16ClFN4. The van der Waals surface area contributed by atoms with Crippen LogP contribution in [0.5, 0.6) is 0 Å². The molecule has 0 aliphatic carbocycles. The molecule has 6 heteroatoms. The summed E-state index contributed by atoms with van der Waals surface area (Å²) in [6.07, 6.45) is 0. The van der Waals surface area contributed by atoms with Crippen molar-refractivity contribution < 1.29 is 4.39 Å². The highest BCUT2D eigenvalue weighted by atomic mass is 35.5. The molecule has 1 aromatic carbocycles. The number of anilines is 1. The fraction of sp³-hybridized carbons (Fsp3) is 0.176. The number of aromatic nitrogens is 2. The number of nitrogens with zero attached hydrogens (tertiary/aromatic N) is 2. The molecule has 23 heavy (non-hydrogen) atoms. The Bertz CT molecular complexity index is 878. The summed E-state index contributed by atoms with van der Waals surface area (Å²) >= 11 is 0. The van der Waals surface area contributed by atoms with Gasteiger partial charge < -0.3 is 10.3 Å². The fourth-order valence-corrected chi connectivity index (χ4v) is 2.42. The lowest BCUT2D eigenvalue weighted by Crippen LogP contribution is -2.03. The number of aromatic amines is 1. The fourth-order valence-electron chi connectivity index (χ4n) is 2.42. The number of nitrogens with one attached hydrogen (secondary N) is 2. The average molecular weight is 331 g/mol. The van der Waals surface area contributed by atoms with E-state index in [1.807, 2.05) is 13.8 Å². The predicted molar refractivity (Wildman–Crippen MR) is 91.3 cm³/mol. The number of H-pyrrole nitrogens is 1. The number of hydrogen-bond acceptors (Lipinski definition) is 3. The van der Waals surface area contributed by atoms with E-state index < -0.39 is 0 Å². The Balaban J connectivity index is 0.00000192. The van der Waals surface area contributed by atoms with E-state index in [9.17, 15) is 4.39 Å². The normalized spacial score (nSPS) is 10.2. The molecule has 0 spiro atoms. The zero-order valence-corrected chi connectivity index (χ0v) is 13.6. The molecule has 0 atom stereocenters. The second-order valence-electron chi connectivity index (χ2n) is 5.25. The van der Waals surface area contributed by atoms with E-state index in [0.29, 0.717) is 18.1 Å². The van der Waals surface area contributed by atoms with E-state index in [2.05, 4.69) is 21.4 Å². The van der Waals surface area contributed by atoms with Gasteiger partial charge in [0.05, 0.1) is 5.52 Å². The van der Waals surface area contributed by atoms with Gasteiger partial charge in [0.15, 0.2) is 5.82 Å². The minimum absolute atomic E-state index is 0. The number of hydrogen-bond donors (Lipinski definition) is 2. The number of nitriles is 1. The smallest absolute Gasteiger partial charge is 0.152 e. The van der Waals surface area contributed by atoms with Gasteiger partial charge in [0.25, 0.3) is 0 Å². The summed E-state index contributed by atoms with van der Waals surface area (Å²) in [6.45, 7) is 4.51. The molecule has 0 bridgehead atoms. The van der Waals surface area contributed by atoms with Gasteiger partial charge in [-0.25, -0.2) is 9.37 Å². The van der Waals surface area contributed by atoms with Crippen molar-refractivity contribution in [2.45, 2.75) is 20.4 Å². The minimum atomic E-state index is -0.258. The summed E-state index contributed by atoms with van der Waals surface area (Å²) in [6, 6.07) is 10.2. The number of benzene rings is 1. The summed E-state index contributed by atoms with van der Waals surface area (Å²) in [7, 11) is 0. The zero-order chi connectivity index (χ0) is 15.7. The van der Waals surface area contributed by atoms with E-state index in [1.165, 1.54) is 12.1 Å². The molecule has 0 aliphatic rings. The topological polar surface area (TPSA) is 64.5 Å². The quantitative estimate of drug-likeness (QED) is 0.755. The number of fused-ring (bicyclic) bond motifs is 1. The van der Waals surface area contributed by atoms with Crippen molar-refractivity contribution in [1.29, 1.82) is 5.26 Å². The first-order valence-corrected chi connectivity index (χ1v) is 6.97. The number of aryl methyl sites for hydroxylation is 2. The summed E-state index contributed by atoms with van der Waals surface area (Å²) in [4.78, 5) is 7.63. The standard InChI is InChI=1S/C17H15FN4.ClH/c1-10-11(2)21-16-15(10)7-14(8-19)22-17(16)20-9-12-3-5-13(18)6-4-12;/h3-7,21H,9H2,1-2H3,(H,20,22);1H. The van der Waals surface area contributed by atoms with E-state index in [4.69, 9.17) is 5.26 Å². The Morgan fingerprint density at radius 2 is 1.96 bits per heavy atom. The first kappa shape index (κ1) is 16.8. The minimum Gasteiger partial charge on any atom is -0.364 e. The summed E-state index contributed by atoms with van der Waals surface area (Å²) < 4.78 is 12.9. The van der Waals surface area contributed by atoms with Crippen LogP contribution >= 0.6 is 12.4 Å². The maximum Gasteiger partial charge on any atom is 0.152 e. The SMILES string of the molecule is Cc1[nH]c2c(NCc3ccc(F)cc3)nc(C#N)cc2c1C.Cl. The largest absolute Gasteiger partial charge is 0.364 e. The van der Waals surface area contributed by atoms with Gasteiger partial charge in [0, 0.05) is 17.6 Å². The Morgan fingerprint density at radius 1 is 1.26 bits per heavy atom. The molecule has 3 rings (SSSR count). The van der Waals surface area contributed by atoms with E-state index in [1.54, 1.807) is 18.2 Å². The van der Waals surface area contributed by atoms with E-state index in [0.717, 1.165) is 27.7 Å². The molecule has 2 aromatic heterocycles. The molecule has 0 radical (unpaired) electrons. The van der Waals surface area contributed by atoms with Crippen LogP contribution < -0.4 is 5.32 Å². The van der Waals surface area contributed by atoms with Crippen molar-refractivity contribution in [3.8, 4) is 6.07 Å². The molecule has 0 saturated carbocycles. The van der Waals surface area contributed by atoms with Gasteiger partial charge in [-0.15, -0.1) is 12.4 Å². The third-order valence-electron chi connectivity index (χ3n) is 3.79. The molecule has 118 valence electrons. The van der Waals surface area contributed by atoms with Crippen molar-refractivity contribution in [2.75, 3.05) is 5.32 Å². The van der Waals surface area contributed by atoms with Crippen LogP contribution in [0.1, 0.15) is 22.5 Å². The maximum absolute atomic E-state index is 12.9. The van der Waals surface area contributed by atoms with Crippen LogP contribution in [0.4, 0.5) is 10.2 Å². The lowest BCUT2D eigenvalue weighted by atomic mass is 10.1.